The van der Waals surface area contributed by atoms with Crippen molar-refractivity contribution < 1.29 is 27.9 Å². The summed E-state index contributed by atoms with van der Waals surface area (Å²) in [6.45, 7) is 0. The number of nitrogens with zero attached hydrogens (tertiary/aromatic N) is 2. The molecule has 1 heterocycles. The Balaban J connectivity index is 3.07. The van der Waals surface area contributed by atoms with Gasteiger partial charge in [0.05, 0.1) is 0 Å². The number of carbonyl (C=O) groups excluding carboxylic acids is 1. The molecular weight excluding hydrogens is 267 g/mol. The van der Waals surface area contributed by atoms with E-state index in [0.717, 1.165) is 6.07 Å². The molecule has 0 aromatic carbocycles. The number of carboxylic acids is 1. The smallest absolute Gasteiger partial charge is 0.471 e. The van der Waals surface area contributed by atoms with Crippen molar-refractivity contribution >= 4 is 29.3 Å². The van der Waals surface area contributed by atoms with E-state index in [9.17, 15) is 22.8 Å². The van der Waals surface area contributed by atoms with Gasteiger partial charge in [0.1, 0.15) is 5.56 Å². The van der Waals surface area contributed by atoms with Crippen LogP contribution in [0.3, 0.4) is 0 Å². The Kier molecular flexibility index (Phi) is 3.51. The van der Waals surface area contributed by atoms with Gasteiger partial charge in [0, 0.05) is 0 Å². The van der Waals surface area contributed by atoms with Crippen molar-refractivity contribution in [1.82, 2.24) is 10.2 Å². The van der Waals surface area contributed by atoms with E-state index < -0.39 is 29.4 Å². The van der Waals surface area contributed by atoms with Crippen molar-refractivity contribution in [1.29, 1.82) is 0 Å². The monoisotopic (exact) mass is 269 g/mol. The Morgan fingerprint density at radius 2 is 1.94 bits per heavy atom. The zero-order valence-corrected chi connectivity index (χ0v) is 8.50. The fourth-order valence-corrected chi connectivity index (χ4v) is 0.949. The maximum absolute atomic E-state index is 11.9. The van der Waals surface area contributed by atoms with E-state index in [4.69, 9.17) is 16.7 Å². The molecule has 0 aliphatic carbocycles. The molecule has 1 rings (SSSR count). The molecule has 6 nitrogen and oxygen atoms in total. The fraction of sp³-hybridized carbons (Fsp3) is 0.143. The lowest BCUT2D eigenvalue weighted by Gasteiger charge is -2.08. The van der Waals surface area contributed by atoms with Gasteiger partial charge < -0.3 is 10.4 Å². The molecule has 10 heteroatoms. The number of carbonyl (C=O) groups is 2. The Morgan fingerprint density at radius 1 is 1.35 bits per heavy atom. The predicted molar refractivity (Wildman–Crippen MR) is 48.7 cm³/mol. The summed E-state index contributed by atoms with van der Waals surface area (Å²) in [6, 6.07) is 0.767. The summed E-state index contributed by atoms with van der Waals surface area (Å²) in [5, 5.41) is 15.8. The molecule has 92 valence electrons. The summed E-state index contributed by atoms with van der Waals surface area (Å²) in [4.78, 5) is 21.2. The first kappa shape index (κ1) is 13.2. The first-order valence-corrected chi connectivity index (χ1v) is 4.24. The largest absolute Gasteiger partial charge is 0.478 e. The van der Waals surface area contributed by atoms with Gasteiger partial charge in [-0.1, -0.05) is 11.6 Å². The van der Waals surface area contributed by atoms with Gasteiger partial charge in [-0.15, -0.1) is 10.2 Å². The first-order chi connectivity index (χ1) is 7.71. The van der Waals surface area contributed by atoms with Crippen molar-refractivity contribution in [2.24, 2.45) is 0 Å². The summed E-state index contributed by atoms with van der Waals surface area (Å²) in [5.74, 6) is -4.78. The number of aromatic nitrogens is 2. The number of hydrogen-bond donors (Lipinski definition) is 2. The highest BCUT2D eigenvalue weighted by Gasteiger charge is 2.39. The molecule has 0 saturated heterocycles. The lowest BCUT2D eigenvalue weighted by Crippen LogP contribution is -2.31. The number of hydrogen-bond acceptors (Lipinski definition) is 4. The van der Waals surface area contributed by atoms with Gasteiger partial charge in [0.25, 0.3) is 0 Å². The Labute approximate surface area is 96.4 Å². The average molecular weight is 270 g/mol. The number of anilines is 1. The van der Waals surface area contributed by atoms with Crippen LogP contribution < -0.4 is 5.32 Å². The van der Waals surface area contributed by atoms with Crippen molar-refractivity contribution in [3.8, 4) is 0 Å². The van der Waals surface area contributed by atoms with Gasteiger partial charge in [-0.3, -0.25) is 4.79 Å². The number of nitrogens with one attached hydrogen (secondary N) is 1. The van der Waals surface area contributed by atoms with E-state index in [1.54, 1.807) is 0 Å². The second kappa shape index (κ2) is 4.53. The molecule has 1 aromatic heterocycles. The van der Waals surface area contributed by atoms with Gasteiger partial charge >= 0.3 is 18.1 Å². The number of aromatic carboxylic acids is 1. The average Bonchev–Trinajstić information content (AvgIpc) is 2.18. The van der Waals surface area contributed by atoms with Crippen LogP contribution in [0.4, 0.5) is 19.0 Å². The first-order valence-electron chi connectivity index (χ1n) is 3.86. The normalized spacial score (nSPS) is 11.1. The summed E-state index contributed by atoms with van der Waals surface area (Å²) < 4.78 is 35.7. The summed E-state index contributed by atoms with van der Waals surface area (Å²) in [5.41, 5.74) is -0.692. The highest BCUT2D eigenvalue weighted by molar-refractivity contribution is 6.29. The summed E-state index contributed by atoms with van der Waals surface area (Å²) in [7, 11) is 0. The van der Waals surface area contributed by atoms with Crippen LogP contribution in [0.5, 0.6) is 0 Å². The van der Waals surface area contributed by atoms with Crippen molar-refractivity contribution in [2.45, 2.75) is 6.18 Å². The number of alkyl halides is 3. The van der Waals surface area contributed by atoms with Crippen LogP contribution in [-0.2, 0) is 4.79 Å². The number of halogens is 4. The van der Waals surface area contributed by atoms with E-state index in [-0.39, 0.29) is 5.15 Å². The third-order valence-corrected chi connectivity index (χ3v) is 1.67. The van der Waals surface area contributed by atoms with Crippen LogP contribution in [0.15, 0.2) is 6.07 Å². The number of rotatable bonds is 2. The third-order valence-electron chi connectivity index (χ3n) is 1.48. The molecule has 2 N–H and O–H groups in total. The number of amides is 1. The highest BCUT2D eigenvalue weighted by Crippen LogP contribution is 2.20. The molecule has 0 radical (unpaired) electrons. The molecular formula is C7H3ClF3N3O3. The van der Waals surface area contributed by atoms with Crippen molar-refractivity contribution in [3.63, 3.8) is 0 Å². The quantitative estimate of drug-likeness (QED) is 0.845. The maximum atomic E-state index is 11.9. The molecule has 0 aliphatic heterocycles. The van der Waals surface area contributed by atoms with Crippen molar-refractivity contribution in [2.75, 3.05) is 5.32 Å². The van der Waals surface area contributed by atoms with Crippen LogP contribution >= 0.6 is 11.6 Å². The minimum atomic E-state index is -5.16. The molecule has 17 heavy (non-hydrogen) atoms. The molecule has 1 amide bonds. The van der Waals surface area contributed by atoms with E-state index in [1.165, 1.54) is 5.32 Å². The Hall–Kier alpha value is -1.90. The Bertz CT molecular complexity index is 477. The lowest BCUT2D eigenvalue weighted by atomic mass is 10.3. The molecule has 0 atom stereocenters. The van der Waals surface area contributed by atoms with E-state index in [2.05, 4.69) is 10.2 Å². The molecule has 0 bridgehead atoms. The minimum Gasteiger partial charge on any atom is -0.478 e. The van der Waals surface area contributed by atoms with Crippen LogP contribution in [0.2, 0.25) is 5.15 Å². The molecule has 1 aromatic rings. The predicted octanol–water partition coefficient (Wildman–Crippen LogP) is 1.33. The van der Waals surface area contributed by atoms with E-state index >= 15 is 0 Å². The molecule has 0 aliphatic rings. The highest BCUT2D eigenvalue weighted by atomic mass is 35.5. The van der Waals surface area contributed by atoms with Crippen LogP contribution in [0, 0.1) is 0 Å². The SMILES string of the molecule is O=C(O)c1cc(Cl)nnc1NC(=O)C(F)(F)F. The van der Waals surface area contributed by atoms with Gasteiger partial charge in [-0.05, 0) is 6.07 Å². The zero-order valence-electron chi connectivity index (χ0n) is 7.75. The van der Waals surface area contributed by atoms with Crippen LogP contribution in [-0.4, -0.2) is 33.4 Å². The maximum Gasteiger partial charge on any atom is 0.471 e. The van der Waals surface area contributed by atoms with Gasteiger partial charge in [0.15, 0.2) is 11.0 Å². The summed E-state index contributed by atoms with van der Waals surface area (Å²) in [6.07, 6.45) is -5.16. The molecule has 0 saturated carbocycles. The standard InChI is InChI=1S/C7H3ClF3N3O3/c8-3-1-2(5(15)16)4(14-13-3)12-6(17)7(9,10)11/h1H,(H,15,16)(H,12,14,17). The molecule has 0 fully saturated rings. The lowest BCUT2D eigenvalue weighted by molar-refractivity contribution is -0.167. The van der Waals surface area contributed by atoms with Crippen LogP contribution in [0.25, 0.3) is 0 Å². The fourth-order valence-electron chi connectivity index (χ4n) is 0.802. The van der Waals surface area contributed by atoms with Gasteiger partial charge in [0.2, 0.25) is 0 Å². The second-order valence-corrected chi connectivity index (χ2v) is 3.07. The second-order valence-electron chi connectivity index (χ2n) is 2.69. The molecule has 0 unspecified atom stereocenters. The molecule has 0 spiro atoms. The van der Waals surface area contributed by atoms with Gasteiger partial charge in [-0.25, -0.2) is 4.79 Å². The summed E-state index contributed by atoms with van der Waals surface area (Å²) >= 11 is 5.32. The topological polar surface area (TPSA) is 92.2 Å². The minimum absolute atomic E-state index is 0.326. The van der Waals surface area contributed by atoms with Crippen LogP contribution in [0.1, 0.15) is 10.4 Å². The number of carboxylic acid groups (broad SMARTS) is 1. The third kappa shape index (κ3) is 3.28. The van der Waals surface area contributed by atoms with E-state index in [0.29, 0.717) is 0 Å². The Morgan fingerprint density at radius 3 is 2.41 bits per heavy atom. The van der Waals surface area contributed by atoms with Crippen molar-refractivity contribution in [3.05, 3.63) is 16.8 Å². The zero-order chi connectivity index (χ0) is 13.2. The van der Waals surface area contributed by atoms with E-state index in [1.807, 2.05) is 0 Å². The van der Waals surface area contributed by atoms with Gasteiger partial charge in [-0.2, -0.15) is 13.2 Å².